The number of halogens is 1. The standard InChI is InChI=1S/C12H10IN3O2/c13-9-5-15-12(18)8-4-14-10(3-7(8)9)16-11(17)6-1-2-6/h3-6H,1-2H2,(H,15,18)(H,14,16,17). The maximum Gasteiger partial charge on any atom is 0.257 e. The Morgan fingerprint density at radius 1 is 1.44 bits per heavy atom. The van der Waals surface area contributed by atoms with Gasteiger partial charge in [0.1, 0.15) is 5.82 Å². The summed E-state index contributed by atoms with van der Waals surface area (Å²) in [6, 6.07) is 1.74. The number of hydrogen-bond acceptors (Lipinski definition) is 3. The van der Waals surface area contributed by atoms with Crippen LogP contribution in [-0.2, 0) is 4.79 Å². The van der Waals surface area contributed by atoms with Crippen LogP contribution in [0, 0.1) is 9.49 Å². The lowest BCUT2D eigenvalue weighted by molar-refractivity contribution is -0.117. The lowest BCUT2D eigenvalue weighted by Gasteiger charge is -2.05. The van der Waals surface area contributed by atoms with Crippen molar-refractivity contribution in [2.45, 2.75) is 12.8 Å². The van der Waals surface area contributed by atoms with E-state index in [0.717, 1.165) is 21.8 Å². The second-order valence-electron chi connectivity index (χ2n) is 4.34. The Balaban J connectivity index is 2.02. The van der Waals surface area contributed by atoms with Crippen LogP contribution in [0.15, 0.2) is 23.3 Å². The van der Waals surface area contributed by atoms with Crippen LogP contribution >= 0.6 is 22.6 Å². The number of aromatic amines is 1. The molecule has 0 atom stereocenters. The Morgan fingerprint density at radius 2 is 2.22 bits per heavy atom. The van der Waals surface area contributed by atoms with Gasteiger partial charge in [-0.05, 0) is 41.5 Å². The van der Waals surface area contributed by atoms with Gasteiger partial charge in [-0.2, -0.15) is 0 Å². The lowest BCUT2D eigenvalue weighted by atomic mass is 10.2. The zero-order valence-electron chi connectivity index (χ0n) is 9.37. The number of carbonyl (C=O) groups excluding carboxylic acids is 1. The van der Waals surface area contributed by atoms with Gasteiger partial charge in [-0.3, -0.25) is 9.59 Å². The lowest BCUT2D eigenvalue weighted by Crippen LogP contribution is -2.15. The molecule has 1 fully saturated rings. The highest BCUT2D eigenvalue weighted by molar-refractivity contribution is 14.1. The van der Waals surface area contributed by atoms with Crippen molar-refractivity contribution in [3.05, 3.63) is 32.4 Å². The zero-order chi connectivity index (χ0) is 12.7. The molecule has 2 aromatic rings. The molecule has 18 heavy (non-hydrogen) atoms. The summed E-state index contributed by atoms with van der Waals surface area (Å²) in [6.07, 6.45) is 5.06. The monoisotopic (exact) mass is 355 g/mol. The quantitative estimate of drug-likeness (QED) is 0.808. The summed E-state index contributed by atoms with van der Waals surface area (Å²) >= 11 is 2.14. The molecule has 1 saturated carbocycles. The van der Waals surface area contributed by atoms with Gasteiger partial charge in [0.25, 0.3) is 5.56 Å². The van der Waals surface area contributed by atoms with Crippen molar-refractivity contribution < 1.29 is 4.79 Å². The van der Waals surface area contributed by atoms with E-state index in [2.05, 4.69) is 37.9 Å². The largest absolute Gasteiger partial charge is 0.327 e. The van der Waals surface area contributed by atoms with Crippen LogP contribution in [0.25, 0.3) is 10.8 Å². The summed E-state index contributed by atoms with van der Waals surface area (Å²) in [5.74, 6) is 0.658. The van der Waals surface area contributed by atoms with Gasteiger partial charge in [0.15, 0.2) is 0 Å². The minimum absolute atomic E-state index is 0.0155. The number of nitrogens with one attached hydrogen (secondary N) is 2. The molecule has 2 aromatic heterocycles. The predicted molar refractivity (Wildman–Crippen MR) is 76.4 cm³/mol. The highest BCUT2D eigenvalue weighted by atomic mass is 127. The number of rotatable bonds is 2. The van der Waals surface area contributed by atoms with Crippen LogP contribution in [-0.4, -0.2) is 15.9 Å². The first kappa shape index (κ1) is 11.6. The Labute approximate surface area is 116 Å². The fraction of sp³-hybridized carbons (Fsp3) is 0.250. The maximum absolute atomic E-state index is 11.6. The molecular weight excluding hydrogens is 345 g/mol. The number of nitrogens with zero attached hydrogens (tertiary/aromatic N) is 1. The van der Waals surface area contributed by atoms with Crippen LogP contribution in [0.4, 0.5) is 5.82 Å². The minimum Gasteiger partial charge on any atom is -0.327 e. The van der Waals surface area contributed by atoms with E-state index in [9.17, 15) is 9.59 Å². The first-order chi connectivity index (χ1) is 8.65. The molecule has 0 unspecified atom stereocenters. The number of carbonyl (C=O) groups is 1. The average molecular weight is 355 g/mol. The topological polar surface area (TPSA) is 74.8 Å². The number of amides is 1. The van der Waals surface area contributed by atoms with E-state index in [4.69, 9.17) is 0 Å². The highest BCUT2D eigenvalue weighted by Gasteiger charge is 2.29. The van der Waals surface area contributed by atoms with Crippen molar-refractivity contribution in [1.29, 1.82) is 0 Å². The molecule has 1 aliphatic carbocycles. The fourth-order valence-electron chi connectivity index (χ4n) is 1.76. The Kier molecular flexibility index (Phi) is 2.81. The van der Waals surface area contributed by atoms with Gasteiger partial charge < -0.3 is 10.3 Å². The Bertz CT molecular complexity index is 691. The molecule has 0 saturated heterocycles. The normalized spacial score (nSPS) is 14.7. The SMILES string of the molecule is O=C(Nc1cc2c(I)c[nH]c(=O)c2cn1)C1CC1. The van der Waals surface area contributed by atoms with Gasteiger partial charge >= 0.3 is 0 Å². The molecule has 3 rings (SSSR count). The van der Waals surface area contributed by atoms with Crippen LogP contribution in [0.2, 0.25) is 0 Å². The summed E-state index contributed by atoms with van der Waals surface area (Å²) in [7, 11) is 0. The zero-order valence-corrected chi connectivity index (χ0v) is 11.5. The van der Waals surface area contributed by atoms with E-state index in [1.54, 1.807) is 12.3 Å². The second kappa shape index (κ2) is 4.34. The third-order valence-electron chi connectivity index (χ3n) is 2.94. The van der Waals surface area contributed by atoms with Gasteiger partial charge in [-0.1, -0.05) is 0 Å². The van der Waals surface area contributed by atoms with E-state index in [-0.39, 0.29) is 17.4 Å². The number of hydrogen-bond donors (Lipinski definition) is 2. The summed E-state index contributed by atoms with van der Waals surface area (Å²) in [5.41, 5.74) is -0.169. The number of fused-ring (bicyclic) bond motifs is 1. The van der Waals surface area contributed by atoms with Crippen molar-refractivity contribution in [2.75, 3.05) is 5.32 Å². The van der Waals surface area contributed by atoms with Crippen LogP contribution in [0.1, 0.15) is 12.8 Å². The fourth-order valence-corrected chi connectivity index (χ4v) is 2.36. The summed E-state index contributed by atoms with van der Waals surface area (Å²) in [5, 5.41) is 4.12. The van der Waals surface area contributed by atoms with Crippen molar-refractivity contribution in [2.24, 2.45) is 5.92 Å². The van der Waals surface area contributed by atoms with Gasteiger partial charge in [0.2, 0.25) is 5.91 Å². The van der Waals surface area contributed by atoms with E-state index in [1.807, 2.05) is 0 Å². The van der Waals surface area contributed by atoms with Crippen molar-refractivity contribution >= 4 is 45.1 Å². The smallest absolute Gasteiger partial charge is 0.257 e. The van der Waals surface area contributed by atoms with E-state index in [1.165, 1.54) is 6.20 Å². The molecule has 6 heteroatoms. The Hall–Kier alpha value is -1.44. The molecule has 0 aromatic carbocycles. The van der Waals surface area contributed by atoms with Gasteiger partial charge in [-0.15, -0.1) is 0 Å². The number of aromatic nitrogens is 2. The average Bonchev–Trinajstić information content (AvgIpc) is 3.18. The third-order valence-corrected chi connectivity index (χ3v) is 3.83. The minimum atomic E-state index is -0.169. The van der Waals surface area contributed by atoms with Crippen molar-refractivity contribution in [1.82, 2.24) is 9.97 Å². The van der Waals surface area contributed by atoms with Crippen molar-refractivity contribution in [3.8, 4) is 0 Å². The van der Waals surface area contributed by atoms with E-state index >= 15 is 0 Å². The molecule has 0 spiro atoms. The van der Waals surface area contributed by atoms with Crippen molar-refractivity contribution in [3.63, 3.8) is 0 Å². The summed E-state index contributed by atoms with van der Waals surface area (Å²) in [4.78, 5) is 30.0. The van der Waals surface area contributed by atoms with Gasteiger partial charge in [0, 0.05) is 27.3 Å². The second-order valence-corrected chi connectivity index (χ2v) is 5.51. The first-order valence-corrected chi connectivity index (χ1v) is 6.71. The van der Waals surface area contributed by atoms with Crippen LogP contribution < -0.4 is 10.9 Å². The highest BCUT2D eigenvalue weighted by Crippen LogP contribution is 2.30. The molecule has 1 aliphatic rings. The molecule has 1 amide bonds. The van der Waals surface area contributed by atoms with E-state index in [0.29, 0.717) is 11.2 Å². The molecule has 0 bridgehead atoms. The van der Waals surface area contributed by atoms with Gasteiger partial charge in [-0.25, -0.2) is 4.98 Å². The molecule has 2 N–H and O–H groups in total. The van der Waals surface area contributed by atoms with Crippen LogP contribution in [0.5, 0.6) is 0 Å². The molecule has 0 aliphatic heterocycles. The Morgan fingerprint density at radius 3 is 2.94 bits per heavy atom. The summed E-state index contributed by atoms with van der Waals surface area (Å²) in [6.45, 7) is 0. The number of anilines is 1. The molecule has 5 nitrogen and oxygen atoms in total. The first-order valence-electron chi connectivity index (χ1n) is 5.63. The number of pyridine rings is 2. The summed E-state index contributed by atoms with van der Waals surface area (Å²) < 4.78 is 0.923. The predicted octanol–water partition coefficient (Wildman–Crippen LogP) is 1.88. The maximum atomic E-state index is 11.6. The molecule has 92 valence electrons. The molecular formula is C12H10IN3O2. The molecule has 2 heterocycles. The van der Waals surface area contributed by atoms with Gasteiger partial charge in [0.05, 0.1) is 5.39 Å². The van der Waals surface area contributed by atoms with E-state index < -0.39 is 0 Å². The number of H-pyrrole nitrogens is 1. The van der Waals surface area contributed by atoms with Crippen LogP contribution in [0.3, 0.4) is 0 Å². The third kappa shape index (κ3) is 2.12. The molecule has 0 radical (unpaired) electrons.